The van der Waals surface area contributed by atoms with Crippen LogP contribution in [0.15, 0.2) is 18.2 Å². The van der Waals surface area contributed by atoms with Crippen LogP contribution < -0.4 is 15.8 Å². The first kappa shape index (κ1) is 18.8. The molecule has 0 saturated carbocycles. The number of carbonyl (C=O) groups is 3. The van der Waals surface area contributed by atoms with E-state index >= 15 is 0 Å². The molecule has 7 heteroatoms. The van der Waals surface area contributed by atoms with Gasteiger partial charge < -0.3 is 20.7 Å². The van der Waals surface area contributed by atoms with Crippen molar-refractivity contribution < 1.29 is 19.1 Å². The number of piperidine rings is 1. The standard InChI is InChI=1S/C18H25N3O4/c1-3-16(22)21-9-5-6-12(11-21)18(24)20-15-8-7-13(25-4-2)10-14(15)17(19)23/h7-8,10,12H,3-6,9,11H2,1-2H3,(H2,19,23)(H,20,24)/t12-/m0/s1. The second kappa shape index (κ2) is 8.50. The molecule has 3 amide bonds. The summed E-state index contributed by atoms with van der Waals surface area (Å²) in [5.41, 5.74) is 5.98. The summed E-state index contributed by atoms with van der Waals surface area (Å²) in [4.78, 5) is 37.8. The Balaban J connectivity index is 2.11. The lowest BCUT2D eigenvalue weighted by atomic mass is 9.96. The molecule has 7 nitrogen and oxygen atoms in total. The fourth-order valence-corrected chi connectivity index (χ4v) is 2.97. The van der Waals surface area contributed by atoms with E-state index in [0.29, 0.717) is 44.0 Å². The average molecular weight is 347 g/mol. The van der Waals surface area contributed by atoms with Crippen molar-refractivity contribution in [3.8, 4) is 5.75 Å². The molecular formula is C18H25N3O4. The van der Waals surface area contributed by atoms with Gasteiger partial charge in [-0.2, -0.15) is 0 Å². The molecule has 0 bridgehead atoms. The first-order chi connectivity index (χ1) is 12.0. The smallest absolute Gasteiger partial charge is 0.250 e. The zero-order chi connectivity index (χ0) is 18.4. The number of nitrogens with two attached hydrogens (primary N) is 1. The second-order valence-corrected chi connectivity index (χ2v) is 6.03. The van der Waals surface area contributed by atoms with Crippen LogP contribution in [0, 0.1) is 5.92 Å². The summed E-state index contributed by atoms with van der Waals surface area (Å²) in [6.45, 7) is 5.21. The molecule has 1 aliphatic rings. The molecule has 1 saturated heterocycles. The highest BCUT2D eigenvalue weighted by molar-refractivity contribution is 6.04. The van der Waals surface area contributed by atoms with Gasteiger partial charge in [-0.1, -0.05) is 6.92 Å². The average Bonchev–Trinajstić information content (AvgIpc) is 2.62. The lowest BCUT2D eigenvalue weighted by Gasteiger charge is -2.32. The third kappa shape index (κ3) is 4.71. The number of hydrogen-bond acceptors (Lipinski definition) is 4. The maximum Gasteiger partial charge on any atom is 0.250 e. The van der Waals surface area contributed by atoms with E-state index in [1.165, 1.54) is 6.07 Å². The highest BCUT2D eigenvalue weighted by Crippen LogP contribution is 2.24. The molecule has 1 heterocycles. The van der Waals surface area contributed by atoms with Crippen molar-refractivity contribution in [2.75, 3.05) is 25.0 Å². The largest absolute Gasteiger partial charge is 0.494 e. The van der Waals surface area contributed by atoms with Crippen LogP contribution in [-0.4, -0.2) is 42.3 Å². The Morgan fingerprint density at radius 1 is 1.32 bits per heavy atom. The summed E-state index contributed by atoms with van der Waals surface area (Å²) in [5, 5.41) is 2.78. The molecule has 0 radical (unpaired) electrons. The Morgan fingerprint density at radius 2 is 2.08 bits per heavy atom. The molecule has 0 unspecified atom stereocenters. The van der Waals surface area contributed by atoms with Gasteiger partial charge in [0.1, 0.15) is 5.75 Å². The van der Waals surface area contributed by atoms with E-state index in [2.05, 4.69) is 5.32 Å². The molecule has 1 aromatic carbocycles. The minimum absolute atomic E-state index is 0.0522. The van der Waals surface area contributed by atoms with Gasteiger partial charge in [-0.3, -0.25) is 14.4 Å². The monoisotopic (exact) mass is 347 g/mol. The van der Waals surface area contributed by atoms with Crippen LogP contribution in [0.4, 0.5) is 5.69 Å². The first-order valence-electron chi connectivity index (χ1n) is 8.61. The van der Waals surface area contributed by atoms with Crippen LogP contribution in [-0.2, 0) is 9.59 Å². The van der Waals surface area contributed by atoms with Gasteiger partial charge in [0.15, 0.2) is 0 Å². The molecule has 0 spiro atoms. The molecule has 2 rings (SSSR count). The predicted molar refractivity (Wildman–Crippen MR) is 94.4 cm³/mol. The molecule has 3 N–H and O–H groups in total. The van der Waals surface area contributed by atoms with E-state index in [0.717, 1.165) is 6.42 Å². The van der Waals surface area contributed by atoms with E-state index in [4.69, 9.17) is 10.5 Å². The summed E-state index contributed by atoms with van der Waals surface area (Å²) < 4.78 is 5.36. The molecular weight excluding hydrogens is 322 g/mol. The van der Waals surface area contributed by atoms with Crippen molar-refractivity contribution in [1.29, 1.82) is 0 Å². The third-order valence-corrected chi connectivity index (χ3v) is 4.27. The fourth-order valence-electron chi connectivity index (χ4n) is 2.97. The van der Waals surface area contributed by atoms with E-state index in [9.17, 15) is 14.4 Å². The first-order valence-corrected chi connectivity index (χ1v) is 8.61. The number of anilines is 1. The van der Waals surface area contributed by atoms with Gasteiger partial charge in [-0.15, -0.1) is 0 Å². The number of primary amides is 1. The van der Waals surface area contributed by atoms with Crippen LogP contribution in [0.2, 0.25) is 0 Å². The van der Waals surface area contributed by atoms with E-state index in [1.54, 1.807) is 17.0 Å². The maximum absolute atomic E-state index is 12.6. The van der Waals surface area contributed by atoms with Crippen LogP contribution in [0.3, 0.4) is 0 Å². The zero-order valence-corrected chi connectivity index (χ0v) is 14.7. The Labute approximate surface area is 147 Å². The predicted octanol–water partition coefficient (Wildman–Crippen LogP) is 1.77. The molecule has 136 valence electrons. The number of carbonyl (C=O) groups excluding carboxylic acids is 3. The summed E-state index contributed by atoms with van der Waals surface area (Å²) in [6.07, 6.45) is 1.93. The minimum atomic E-state index is -0.636. The summed E-state index contributed by atoms with van der Waals surface area (Å²) in [7, 11) is 0. The van der Waals surface area contributed by atoms with E-state index in [-0.39, 0.29) is 23.3 Å². The Kier molecular flexibility index (Phi) is 6.38. The molecule has 0 aliphatic carbocycles. The van der Waals surface area contributed by atoms with Crippen LogP contribution in [0.25, 0.3) is 0 Å². The highest BCUT2D eigenvalue weighted by atomic mass is 16.5. The number of nitrogens with zero attached hydrogens (tertiary/aromatic N) is 1. The van der Waals surface area contributed by atoms with Crippen molar-refractivity contribution in [2.45, 2.75) is 33.1 Å². The fraction of sp³-hybridized carbons (Fsp3) is 0.500. The topological polar surface area (TPSA) is 102 Å². The van der Waals surface area contributed by atoms with Crippen molar-refractivity contribution in [3.63, 3.8) is 0 Å². The van der Waals surface area contributed by atoms with Gasteiger partial charge in [-0.05, 0) is 38.0 Å². The number of hydrogen-bond donors (Lipinski definition) is 2. The Hall–Kier alpha value is -2.57. The number of nitrogens with one attached hydrogen (secondary N) is 1. The van der Waals surface area contributed by atoms with Gasteiger partial charge in [0.2, 0.25) is 11.8 Å². The summed E-state index contributed by atoms with van der Waals surface area (Å²) in [6, 6.07) is 4.81. The number of ether oxygens (including phenoxy) is 1. The molecule has 25 heavy (non-hydrogen) atoms. The Morgan fingerprint density at radius 3 is 2.72 bits per heavy atom. The second-order valence-electron chi connectivity index (χ2n) is 6.03. The van der Waals surface area contributed by atoms with Gasteiger partial charge in [0.05, 0.1) is 23.8 Å². The third-order valence-electron chi connectivity index (χ3n) is 4.27. The molecule has 1 aliphatic heterocycles. The normalized spacial score (nSPS) is 17.0. The van der Waals surface area contributed by atoms with Gasteiger partial charge in [0, 0.05) is 19.5 Å². The SMILES string of the molecule is CCOc1ccc(NC(=O)[C@H]2CCCN(C(=O)CC)C2)c(C(N)=O)c1. The quantitative estimate of drug-likeness (QED) is 0.819. The van der Waals surface area contributed by atoms with Crippen molar-refractivity contribution in [3.05, 3.63) is 23.8 Å². The maximum atomic E-state index is 12.6. The highest BCUT2D eigenvalue weighted by Gasteiger charge is 2.28. The van der Waals surface area contributed by atoms with Crippen LogP contribution in [0.1, 0.15) is 43.5 Å². The Bertz CT molecular complexity index is 660. The number of rotatable bonds is 6. The van der Waals surface area contributed by atoms with E-state index in [1.807, 2.05) is 13.8 Å². The number of amides is 3. The lowest BCUT2D eigenvalue weighted by molar-refractivity contribution is -0.134. The molecule has 1 fully saturated rings. The van der Waals surface area contributed by atoms with Crippen LogP contribution in [0.5, 0.6) is 5.75 Å². The zero-order valence-electron chi connectivity index (χ0n) is 14.7. The van der Waals surface area contributed by atoms with Crippen molar-refractivity contribution in [1.82, 2.24) is 4.90 Å². The lowest BCUT2D eigenvalue weighted by Crippen LogP contribution is -2.43. The molecule has 1 aromatic rings. The summed E-state index contributed by atoms with van der Waals surface area (Å²) in [5.74, 6) is -0.567. The number of benzene rings is 1. The summed E-state index contributed by atoms with van der Waals surface area (Å²) >= 11 is 0. The molecule has 1 atom stereocenters. The van der Waals surface area contributed by atoms with Crippen molar-refractivity contribution >= 4 is 23.4 Å². The van der Waals surface area contributed by atoms with E-state index < -0.39 is 5.91 Å². The van der Waals surface area contributed by atoms with Crippen LogP contribution >= 0.6 is 0 Å². The van der Waals surface area contributed by atoms with Gasteiger partial charge >= 0.3 is 0 Å². The van der Waals surface area contributed by atoms with Crippen molar-refractivity contribution in [2.24, 2.45) is 11.7 Å². The van der Waals surface area contributed by atoms with Gasteiger partial charge in [-0.25, -0.2) is 0 Å². The molecule has 0 aromatic heterocycles. The number of likely N-dealkylation sites (tertiary alicyclic amines) is 1. The minimum Gasteiger partial charge on any atom is -0.494 e. The van der Waals surface area contributed by atoms with Gasteiger partial charge in [0.25, 0.3) is 5.91 Å².